The zero-order valence-electron chi connectivity index (χ0n) is 34.4. The van der Waals surface area contributed by atoms with Crippen molar-refractivity contribution in [1.82, 2.24) is 23.9 Å². The summed E-state index contributed by atoms with van der Waals surface area (Å²) in [6.07, 6.45) is 5.84. The SMILES string of the molecule is Cc1cc2c(s1)c(-c1cc(-c3ccc(CC(C)(C)C)cc3)ccn1)[c-]c1c(-c3[c-]c4c(cc3)n3c5ccccc5nc3n4-c3cc(CC(C)(C)C)ccn3)cccc12.[Pt+2]. The molecule has 0 spiro atoms. The quantitative estimate of drug-likeness (QED) is 0.156. The van der Waals surface area contributed by atoms with Gasteiger partial charge < -0.3 is 4.40 Å². The van der Waals surface area contributed by atoms with E-state index in [1.54, 1.807) is 0 Å². The van der Waals surface area contributed by atoms with E-state index in [1.165, 1.54) is 37.0 Å². The van der Waals surface area contributed by atoms with Crippen molar-refractivity contribution in [3.05, 3.63) is 150 Å². The second kappa shape index (κ2) is 14.7. The first-order valence-corrected chi connectivity index (χ1v) is 20.9. The van der Waals surface area contributed by atoms with Crippen molar-refractivity contribution in [2.75, 3.05) is 0 Å². The molecule has 5 aromatic heterocycles. The first-order chi connectivity index (χ1) is 27.9. The van der Waals surface area contributed by atoms with Crippen molar-refractivity contribution in [1.29, 1.82) is 0 Å². The maximum Gasteiger partial charge on any atom is 2.00 e. The normalized spacial score (nSPS) is 12.3. The molecule has 5 heterocycles. The van der Waals surface area contributed by atoms with E-state index in [-0.39, 0.29) is 31.9 Å². The van der Waals surface area contributed by atoms with E-state index >= 15 is 0 Å². The Balaban J connectivity index is 0.00000449. The number of fused-ring (bicyclic) bond motifs is 8. The van der Waals surface area contributed by atoms with Gasteiger partial charge in [0, 0.05) is 18.1 Å². The molecule has 0 aliphatic carbocycles. The molecular weight excluding hydrogens is 922 g/mol. The van der Waals surface area contributed by atoms with E-state index < -0.39 is 0 Å². The third-order valence-corrected chi connectivity index (χ3v) is 12.0. The summed E-state index contributed by atoms with van der Waals surface area (Å²) in [4.78, 5) is 16.3. The molecular formula is C52H45N5PtS. The number of hydrogen-bond acceptors (Lipinski definition) is 4. The molecule has 0 N–H and O–H groups in total. The molecule has 0 saturated carbocycles. The van der Waals surface area contributed by atoms with Crippen LogP contribution in [0.5, 0.6) is 0 Å². The third kappa shape index (κ3) is 7.21. The largest absolute Gasteiger partial charge is 2.00 e. The van der Waals surface area contributed by atoms with Crippen LogP contribution in [-0.2, 0) is 33.9 Å². The molecule has 0 aliphatic heterocycles. The molecule has 0 atom stereocenters. The predicted molar refractivity (Wildman–Crippen MR) is 243 cm³/mol. The topological polar surface area (TPSA) is 48.0 Å². The summed E-state index contributed by atoms with van der Waals surface area (Å²) in [6, 6.07) is 47.1. The molecule has 0 radical (unpaired) electrons. The van der Waals surface area contributed by atoms with Gasteiger partial charge in [-0.25, -0.2) is 9.97 Å². The summed E-state index contributed by atoms with van der Waals surface area (Å²) < 4.78 is 5.62. The number of aromatic nitrogens is 5. The minimum Gasteiger partial charge on any atom is -0.318 e. The molecule has 0 bridgehead atoms. The number of benzene rings is 5. The maximum absolute atomic E-state index is 5.17. The number of rotatable bonds is 6. The smallest absolute Gasteiger partial charge is 0.318 e. The summed E-state index contributed by atoms with van der Waals surface area (Å²) in [7, 11) is 0. The summed E-state index contributed by atoms with van der Waals surface area (Å²) in [5.74, 6) is 1.66. The summed E-state index contributed by atoms with van der Waals surface area (Å²) in [5, 5.41) is 3.45. The Morgan fingerprint density at radius 1 is 0.661 bits per heavy atom. The Morgan fingerprint density at radius 2 is 1.42 bits per heavy atom. The fourth-order valence-electron chi connectivity index (χ4n) is 8.58. The van der Waals surface area contributed by atoms with Gasteiger partial charge in [0.2, 0.25) is 5.78 Å². The Hall–Kier alpha value is -5.42. The van der Waals surface area contributed by atoms with Crippen molar-refractivity contribution in [2.24, 2.45) is 10.8 Å². The van der Waals surface area contributed by atoms with Gasteiger partial charge in [-0.1, -0.05) is 125 Å². The van der Waals surface area contributed by atoms with Crippen LogP contribution in [0.1, 0.15) is 57.5 Å². The number of hydrogen-bond donors (Lipinski definition) is 0. The first kappa shape index (κ1) is 39.1. The molecule has 5 aromatic carbocycles. The maximum atomic E-state index is 5.17. The summed E-state index contributed by atoms with van der Waals surface area (Å²) >= 11 is 1.81. The van der Waals surface area contributed by atoms with Gasteiger partial charge in [-0.05, 0) is 104 Å². The molecule has 0 fully saturated rings. The van der Waals surface area contributed by atoms with Gasteiger partial charge in [-0.2, -0.15) is 11.3 Å². The monoisotopic (exact) mass is 966 g/mol. The zero-order chi connectivity index (χ0) is 39.9. The number of thiophene rings is 1. The Bertz CT molecular complexity index is 3210. The second-order valence-corrected chi connectivity index (χ2v) is 19.4. The van der Waals surface area contributed by atoms with Gasteiger partial charge in [0.05, 0.1) is 11.0 Å². The van der Waals surface area contributed by atoms with Gasteiger partial charge >= 0.3 is 21.1 Å². The number of pyridine rings is 2. The Labute approximate surface area is 364 Å². The van der Waals surface area contributed by atoms with Crippen LogP contribution in [-0.4, -0.2) is 23.9 Å². The summed E-state index contributed by atoms with van der Waals surface area (Å²) in [6.45, 7) is 15.9. The average Bonchev–Trinajstić information content (AvgIpc) is 3.86. The molecule has 0 unspecified atom stereocenters. The van der Waals surface area contributed by atoms with Crippen LogP contribution in [0.15, 0.2) is 122 Å². The molecule has 10 aromatic rings. The van der Waals surface area contributed by atoms with Gasteiger partial charge in [-0.15, -0.1) is 40.8 Å². The van der Waals surface area contributed by atoms with Crippen LogP contribution >= 0.6 is 11.3 Å². The number of nitrogens with zero attached hydrogens (tertiary/aromatic N) is 5. The first-order valence-electron chi connectivity index (χ1n) is 20.1. The molecule has 5 nitrogen and oxygen atoms in total. The van der Waals surface area contributed by atoms with Crippen LogP contribution in [0.3, 0.4) is 0 Å². The standard InChI is InChI=1S/C52H45N5S.Pt/c1-32-25-41-39-12-10-11-38(40(39)29-42(49(41)58-32)44-27-36(22-24-53-44)35-17-15-33(16-18-35)30-51(2,3)4)37-19-20-46-47(28-37)57(48-26-34(21-23-54-48)31-52(5,6)7)50-55-43-13-8-9-14-45(43)56(46)50;/h8-27H,30-31H2,1-7H3;/q-2;+2. The Kier molecular flexibility index (Phi) is 9.73. The fourth-order valence-corrected chi connectivity index (χ4v) is 9.61. The van der Waals surface area contributed by atoms with Crippen LogP contribution in [0.25, 0.3) is 88.0 Å². The molecule has 294 valence electrons. The minimum atomic E-state index is 0. The second-order valence-electron chi connectivity index (χ2n) is 18.1. The van der Waals surface area contributed by atoms with Crippen molar-refractivity contribution in [3.63, 3.8) is 0 Å². The summed E-state index contributed by atoms with van der Waals surface area (Å²) in [5.41, 5.74) is 13.3. The van der Waals surface area contributed by atoms with Gasteiger partial charge in [0.15, 0.2) is 0 Å². The average molecular weight is 967 g/mol. The van der Waals surface area contributed by atoms with E-state index in [1.807, 2.05) is 29.8 Å². The van der Waals surface area contributed by atoms with Crippen LogP contribution in [0.4, 0.5) is 0 Å². The molecule has 7 heteroatoms. The molecule has 10 rings (SSSR count). The number of para-hydroxylation sites is 2. The van der Waals surface area contributed by atoms with Crippen LogP contribution in [0.2, 0.25) is 0 Å². The van der Waals surface area contributed by atoms with Gasteiger partial charge in [0.1, 0.15) is 5.82 Å². The number of aryl methyl sites for hydroxylation is 1. The molecule has 0 amide bonds. The van der Waals surface area contributed by atoms with E-state index in [2.05, 4.69) is 173 Å². The van der Waals surface area contributed by atoms with Crippen LogP contribution in [0, 0.1) is 29.9 Å². The number of imidazole rings is 2. The van der Waals surface area contributed by atoms with E-state index in [0.717, 1.165) is 79.8 Å². The minimum absolute atomic E-state index is 0. The van der Waals surface area contributed by atoms with Crippen molar-refractivity contribution >= 4 is 60.0 Å². The third-order valence-electron chi connectivity index (χ3n) is 10.9. The van der Waals surface area contributed by atoms with Crippen molar-refractivity contribution in [2.45, 2.75) is 61.3 Å². The predicted octanol–water partition coefficient (Wildman–Crippen LogP) is 13.7. The van der Waals surface area contributed by atoms with E-state index in [9.17, 15) is 0 Å². The van der Waals surface area contributed by atoms with Crippen LogP contribution < -0.4 is 0 Å². The molecule has 59 heavy (non-hydrogen) atoms. The zero-order valence-corrected chi connectivity index (χ0v) is 37.5. The van der Waals surface area contributed by atoms with Crippen molar-refractivity contribution < 1.29 is 21.1 Å². The molecule has 0 aliphatic rings. The fraction of sp³-hybridized carbons (Fsp3) is 0.212. The van der Waals surface area contributed by atoms with Gasteiger partial charge in [0.25, 0.3) is 0 Å². The molecule has 0 saturated heterocycles. The van der Waals surface area contributed by atoms with E-state index in [0.29, 0.717) is 0 Å². The van der Waals surface area contributed by atoms with E-state index in [4.69, 9.17) is 15.0 Å². The van der Waals surface area contributed by atoms with Gasteiger partial charge in [-0.3, -0.25) is 9.55 Å². The Morgan fingerprint density at radius 3 is 2.22 bits per heavy atom. The van der Waals surface area contributed by atoms with Crippen molar-refractivity contribution in [3.8, 4) is 39.3 Å².